The molecule has 0 spiro atoms. The van der Waals surface area contributed by atoms with Gasteiger partial charge in [0.25, 0.3) is 0 Å². The van der Waals surface area contributed by atoms with E-state index < -0.39 is 5.97 Å². The molecule has 1 saturated heterocycles. The highest BCUT2D eigenvalue weighted by Gasteiger charge is 2.31. The van der Waals surface area contributed by atoms with Gasteiger partial charge < -0.3 is 15.3 Å². The number of piperidine rings is 1. The highest BCUT2D eigenvalue weighted by atomic mass is 16.4. The summed E-state index contributed by atoms with van der Waals surface area (Å²) >= 11 is 0. The van der Waals surface area contributed by atoms with E-state index in [1.807, 2.05) is 0 Å². The van der Waals surface area contributed by atoms with Crippen LogP contribution in [0.25, 0.3) is 0 Å². The molecule has 6 heteroatoms. The number of likely N-dealkylation sites (N-methyl/N-ethyl adjacent to an activating group) is 1. The van der Waals surface area contributed by atoms with Crippen LogP contribution in [0.5, 0.6) is 0 Å². The maximum absolute atomic E-state index is 12.3. The number of urea groups is 1. The van der Waals surface area contributed by atoms with Crippen LogP contribution in [0.1, 0.15) is 45.4 Å². The van der Waals surface area contributed by atoms with Crippen molar-refractivity contribution in [2.45, 2.75) is 63.6 Å². The van der Waals surface area contributed by atoms with Gasteiger partial charge in [0.05, 0.1) is 6.42 Å². The molecule has 2 fully saturated rings. The van der Waals surface area contributed by atoms with Crippen LogP contribution < -0.4 is 5.32 Å². The highest BCUT2D eigenvalue weighted by Crippen LogP contribution is 2.26. The van der Waals surface area contributed by atoms with Crippen molar-refractivity contribution in [3.63, 3.8) is 0 Å². The number of carbonyl (C=O) groups is 2. The van der Waals surface area contributed by atoms with Gasteiger partial charge in [0.1, 0.15) is 0 Å². The Hall–Kier alpha value is -1.30. The van der Waals surface area contributed by atoms with E-state index in [9.17, 15) is 9.59 Å². The zero-order chi connectivity index (χ0) is 15.4. The topological polar surface area (TPSA) is 72.9 Å². The normalized spacial score (nSPS) is 24.0. The summed E-state index contributed by atoms with van der Waals surface area (Å²) in [6.45, 7) is 3.39. The largest absolute Gasteiger partial charge is 0.481 e. The Morgan fingerprint density at radius 1 is 1.33 bits per heavy atom. The third-order valence-electron chi connectivity index (χ3n) is 4.67. The third-order valence-corrected chi connectivity index (χ3v) is 4.67. The van der Waals surface area contributed by atoms with E-state index in [0.29, 0.717) is 25.2 Å². The molecule has 2 amide bonds. The van der Waals surface area contributed by atoms with Crippen molar-refractivity contribution >= 4 is 12.0 Å². The molecule has 0 aromatic rings. The molecule has 2 unspecified atom stereocenters. The predicted octanol–water partition coefficient (Wildman–Crippen LogP) is 1.51. The summed E-state index contributed by atoms with van der Waals surface area (Å²) < 4.78 is 0. The van der Waals surface area contributed by atoms with Crippen LogP contribution >= 0.6 is 0 Å². The van der Waals surface area contributed by atoms with Gasteiger partial charge >= 0.3 is 12.0 Å². The molecule has 2 aliphatic rings. The fourth-order valence-electron chi connectivity index (χ4n) is 3.00. The first-order valence-electron chi connectivity index (χ1n) is 7.97. The molecular formula is C15H27N3O3. The summed E-state index contributed by atoms with van der Waals surface area (Å²) in [7, 11) is 2.10. The molecule has 1 aliphatic heterocycles. The van der Waals surface area contributed by atoms with E-state index in [1.165, 1.54) is 12.8 Å². The second kappa shape index (κ2) is 7.11. The van der Waals surface area contributed by atoms with Crippen molar-refractivity contribution in [2.75, 3.05) is 20.1 Å². The lowest BCUT2D eigenvalue weighted by molar-refractivity contribution is -0.138. The van der Waals surface area contributed by atoms with Crippen molar-refractivity contribution < 1.29 is 14.7 Å². The number of hydrogen-bond acceptors (Lipinski definition) is 3. The standard InChI is InChI=1S/C15H27N3O3/c1-11(17(2)12-6-7-12)10-16-15(21)18-8-4-3-5-13(18)9-14(19)20/h11-13H,3-10H2,1-2H3,(H,16,21)(H,19,20). The van der Waals surface area contributed by atoms with Gasteiger partial charge in [-0.3, -0.25) is 9.69 Å². The van der Waals surface area contributed by atoms with Crippen molar-refractivity contribution in [1.29, 1.82) is 0 Å². The van der Waals surface area contributed by atoms with Crippen molar-refractivity contribution in [3.05, 3.63) is 0 Å². The molecule has 1 saturated carbocycles. The molecule has 0 radical (unpaired) electrons. The summed E-state index contributed by atoms with van der Waals surface area (Å²) in [4.78, 5) is 27.2. The van der Waals surface area contributed by atoms with E-state index in [-0.39, 0.29) is 18.5 Å². The van der Waals surface area contributed by atoms with Gasteiger partial charge in [0.2, 0.25) is 0 Å². The highest BCUT2D eigenvalue weighted by molar-refractivity contribution is 5.76. The Bertz CT molecular complexity index is 384. The van der Waals surface area contributed by atoms with E-state index in [2.05, 4.69) is 24.2 Å². The van der Waals surface area contributed by atoms with Gasteiger partial charge in [0, 0.05) is 31.2 Å². The lowest BCUT2D eigenvalue weighted by atomic mass is 10.00. The number of carboxylic acid groups (broad SMARTS) is 1. The molecule has 2 N–H and O–H groups in total. The van der Waals surface area contributed by atoms with Gasteiger partial charge in [-0.1, -0.05) is 0 Å². The van der Waals surface area contributed by atoms with Gasteiger partial charge in [-0.2, -0.15) is 0 Å². The molecule has 2 atom stereocenters. The summed E-state index contributed by atoms with van der Waals surface area (Å²) in [6, 6.07) is 0.709. The minimum atomic E-state index is -0.832. The van der Waals surface area contributed by atoms with Crippen LogP contribution in [-0.4, -0.2) is 65.2 Å². The van der Waals surface area contributed by atoms with Gasteiger partial charge in [0.15, 0.2) is 0 Å². The Morgan fingerprint density at radius 3 is 2.67 bits per heavy atom. The summed E-state index contributed by atoms with van der Waals surface area (Å²) in [5.41, 5.74) is 0. The minimum Gasteiger partial charge on any atom is -0.481 e. The number of likely N-dealkylation sites (tertiary alicyclic amines) is 1. The van der Waals surface area contributed by atoms with Gasteiger partial charge in [-0.15, -0.1) is 0 Å². The first kappa shape index (κ1) is 16.1. The number of nitrogens with one attached hydrogen (secondary N) is 1. The molecule has 6 nitrogen and oxygen atoms in total. The van der Waals surface area contributed by atoms with Gasteiger partial charge in [-0.05, 0) is 46.1 Å². The average Bonchev–Trinajstić information content (AvgIpc) is 3.28. The number of rotatable bonds is 6. The Kier molecular flexibility index (Phi) is 5.45. The molecule has 0 bridgehead atoms. The molecule has 1 heterocycles. The summed E-state index contributed by atoms with van der Waals surface area (Å²) in [6.07, 6.45) is 5.30. The van der Waals surface area contributed by atoms with Crippen LogP contribution in [0, 0.1) is 0 Å². The number of nitrogens with zero attached hydrogens (tertiary/aromatic N) is 2. The fourth-order valence-corrected chi connectivity index (χ4v) is 3.00. The van der Waals surface area contributed by atoms with Crippen LogP contribution in [0.4, 0.5) is 4.79 Å². The third kappa shape index (κ3) is 4.59. The van der Waals surface area contributed by atoms with Crippen LogP contribution in [0.2, 0.25) is 0 Å². The van der Waals surface area contributed by atoms with Crippen LogP contribution in [0.3, 0.4) is 0 Å². The van der Waals surface area contributed by atoms with Crippen molar-refractivity contribution in [3.8, 4) is 0 Å². The number of amides is 2. The maximum atomic E-state index is 12.3. The predicted molar refractivity (Wildman–Crippen MR) is 80.2 cm³/mol. The van der Waals surface area contributed by atoms with E-state index in [1.54, 1.807) is 4.90 Å². The number of hydrogen-bond donors (Lipinski definition) is 2. The maximum Gasteiger partial charge on any atom is 0.317 e. The van der Waals surface area contributed by atoms with Crippen molar-refractivity contribution in [1.82, 2.24) is 15.1 Å². The quantitative estimate of drug-likeness (QED) is 0.779. The van der Waals surface area contributed by atoms with E-state index >= 15 is 0 Å². The Morgan fingerprint density at radius 2 is 2.05 bits per heavy atom. The lowest BCUT2D eigenvalue weighted by Crippen LogP contribution is -2.51. The fraction of sp³-hybridized carbons (Fsp3) is 0.867. The number of carboxylic acids is 1. The smallest absolute Gasteiger partial charge is 0.317 e. The average molecular weight is 297 g/mol. The van der Waals surface area contributed by atoms with Crippen LogP contribution in [-0.2, 0) is 4.79 Å². The molecule has 0 aromatic heterocycles. The first-order valence-corrected chi connectivity index (χ1v) is 7.97. The number of carbonyl (C=O) groups excluding carboxylic acids is 1. The van der Waals surface area contributed by atoms with Crippen LogP contribution in [0.15, 0.2) is 0 Å². The monoisotopic (exact) mass is 297 g/mol. The van der Waals surface area contributed by atoms with E-state index in [0.717, 1.165) is 19.3 Å². The summed E-state index contributed by atoms with van der Waals surface area (Å²) in [5, 5.41) is 11.9. The molecular weight excluding hydrogens is 270 g/mol. The Balaban J connectivity index is 1.80. The molecule has 2 rings (SSSR count). The SMILES string of the molecule is CC(CNC(=O)N1CCCCC1CC(=O)O)N(C)C1CC1. The molecule has 0 aromatic carbocycles. The van der Waals surface area contributed by atoms with E-state index in [4.69, 9.17) is 5.11 Å². The first-order chi connectivity index (χ1) is 9.99. The second-order valence-electron chi connectivity index (χ2n) is 6.37. The number of aliphatic carboxylic acids is 1. The lowest BCUT2D eigenvalue weighted by Gasteiger charge is -2.35. The molecule has 120 valence electrons. The molecule has 21 heavy (non-hydrogen) atoms. The Labute approximate surface area is 126 Å². The van der Waals surface area contributed by atoms with Gasteiger partial charge in [-0.25, -0.2) is 4.79 Å². The zero-order valence-corrected chi connectivity index (χ0v) is 13.0. The minimum absolute atomic E-state index is 0.0466. The van der Waals surface area contributed by atoms with Crippen molar-refractivity contribution in [2.24, 2.45) is 0 Å². The zero-order valence-electron chi connectivity index (χ0n) is 13.0. The second-order valence-corrected chi connectivity index (χ2v) is 6.37. The molecule has 1 aliphatic carbocycles. The summed E-state index contributed by atoms with van der Waals surface area (Å²) in [5.74, 6) is -0.832.